The summed E-state index contributed by atoms with van der Waals surface area (Å²) in [6.07, 6.45) is 21.4. The van der Waals surface area contributed by atoms with Crippen molar-refractivity contribution in [2.24, 2.45) is 0 Å². The molecule has 0 saturated carbocycles. The molecule has 0 rings (SSSR count). The molecule has 0 aliphatic heterocycles. The molecule has 0 aromatic rings. The van der Waals surface area contributed by atoms with E-state index < -0.39 is 8.80 Å². The highest BCUT2D eigenvalue weighted by Gasteiger charge is 2.40. The Bertz CT molecular complexity index is 431. The zero-order valence-electron chi connectivity index (χ0n) is 23.7. The van der Waals surface area contributed by atoms with Crippen LogP contribution in [-0.2, 0) is 22.8 Å². The van der Waals surface area contributed by atoms with Crippen LogP contribution in [0.25, 0.3) is 0 Å². The molecule has 0 aliphatic carbocycles. The first kappa shape index (κ1) is 35.1. The molecule has 0 spiro atoms. The Kier molecular flexibility index (Phi) is 27.2. The van der Waals surface area contributed by atoms with E-state index in [0.29, 0.717) is 19.8 Å². The van der Waals surface area contributed by atoms with Crippen molar-refractivity contribution < 1.29 is 22.8 Å². The zero-order valence-corrected chi connectivity index (χ0v) is 25.5. The predicted octanol–water partition coefficient (Wildman–Crippen LogP) is 8.57. The second-order valence-electron chi connectivity index (χ2n) is 9.52. The van der Waals surface area contributed by atoms with E-state index in [0.717, 1.165) is 31.1 Å². The Labute approximate surface area is 223 Å². The lowest BCUT2D eigenvalue weighted by Crippen LogP contribution is -2.46. The van der Waals surface area contributed by atoms with Gasteiger partial charge in [0.1, 0.15) is 6.61 Å². The number of thioether (sulfide) groups is 1. The van der Waals surface area contributed by atoms with Crippen LogP contribution in [0.15, 0.2) is 0 Å². The van der Waals surface area contributed by atoms with Crippen LogP contribution >= 0.6 is 11.8 Å². The molecule has 0 heterocycles. The van der Waals surface area contributed by atoms with Crippen LogP contribution in [0.2, 0.25) is 6.04 Å². The van der Waals surface area contributed by atoms with Crippen molar-refractivity contribution in [2.45, 2.75) is 136 Å². The van der Waals surface area contributed by atoms with Crippen molar-refractivity contribution >= 4 is 25.7 Å². The van der Waals surface area contributed by atoms with Gasteiger partial charge < -0.3 is 18.0 Å². The van der Waals surface area contributed by atoms with Gasteiger partial charge in [-0.15, -0.1) is 0 Å². The number of ether oxygens (including phenoxy) is 1. The van der Waals surface area contributed by atoms with Gasteiger partial charge in [0.05, 0.1) is 0 Å². The molecule has 0 fully saturated rings. The summed E-state index contributed by atoms with van der Waals surface area (Å²) in [6, 6.07) is 0.780. The molecule has 5 nitrogen and oxygen atoms in total. The van der Waals surface area contributed by atoms with Gasteiger partial charge in [-0.2, -0.15) is 0 Å². The molecule has 7 heteroatoms. The van der Waals surface area contributed by atoms with Gasteiger partial charge in [-0.1, -0.05) is 116 Å². The number of rotatable bonds is 28. The van der Waals surface area contributed by atoms with Crippen molar-refractivity contribution in [1.82, 2.24) is 0 Å². The van der Waals surface area contributed by atoms with E-state index >= 15 is 0 Å². The molecule has 35 heavy (non-hydrogen) atoms. The standard InChI is InChI=1S/C28H58O5SSi/c1-5-8-10-12-14-16-18-20-23-32-35(31-7-3,26-22-25-34-28(29)27-30-4)33-24-21-19-17-15-13-11-9-6-2/h5-27H2,1-4H3. The Morgan fingerprint density at radius 3 is 1.51 bits per heavy atom. The summed E-state index contributed by atoms with van der Waals surface area (Å²) >= 11 is 1.34. The predicted molar refractivity (Wildman–Crippen MR) is 153 cm³/mol. The number of hydrogen-bond acceptors (Lipinski definition) is 6. The number of carbonyl (C=O) groups is 1. The summed E-state index contributed by atoms with van der Waals surface area (Å²) in [7, 11) is -1.16. The molecule has 210 valence electrons. The maximum atomic E-state index is 11.8. The molecule has 0 saturated heterocycles. The molecule has 0 bridgehead atoms. The average Bonchev–Trinajstić information content (AvgIpc) is 2.85. The van der Waals surface area contributed by atoms with E-state index in [1.807, 2.05) is 6.92 Å². The van der Waals surface area contributed by atoms with Gasteiger partial charge in [0.15, 0.2) is 0 Å². The van der Waals surface area contributed by atoms with Crippen LogP contribution in [-0.4, -0.2) is 53.2 Å². The second kappa shape index (κ2) is 27.1. The summed E-state index contributed by atoms with van der Waals surface area (Å²) < 4.78 is 24.0. The zero-order chi connectivity index (χ0) is 25.9. The van der Waals surface area contributed by atoms with Crippen LogP contribution in [0, 0.1) is 0 Å². The summed E-state index contributed by atoms with van der Waals surface area (Å²) in [5.41, 5.74) is 0. The van der Waals surface area contributed by atoms with Gasteiger partial charge in [-0.05, 0) is 26.2 Å². The molecular weight excluding hydrogens is 476 g/mol. The normalized spacial score (nSPS) is 11.9. The van der Waals surface area contributed by atoms with Crippen LogP contribution in [0.4, 0.5) is 0 Å². The first-order valence-corrected chi connectivity index (χ1v) is 17.6. The Morgan fingerprint density at radius 1 is 0.629 bits per heavy atom. The highest BCUT2D eigenvalue weighted by Crippen LogP contribution is 2.22. The number of methoxy groups -OCH3 is 1. The number of hydrogen-bond donors (Lipinski definition) is 0. The monoisotopic (exact) mass is 534 g/mol. The Hall–Kier alpha value is 0.0769. The molecule has 0 unspecified atom stereocenters. The van der Waals surface area contributed by atoms with Crippen molar-refractivity contribution in [1.29, 1.82) is 0 Å². The third-order valence-electron chi connectivity index (χ3n) is 6.16. The minimum absolute atomic E-state index is 0.0795. The second-order valence-corrected chi connectivity index (χ2v) is 13.4. The van der Waals surface area contributed by atoms with Crippen LogP contribution in [0.1, 0.15) is 130 Å². The van der Waals surface area contributed by atoms with Gasteiger partial charge >= 0.3 is 8.80 Å². The van der Waals surface area contributed by atoms with E-state index in [-0.39, 0.29) is 11.7 Å². The molecule has 0 aromatic carbocycles. The van der Waals surface area contributed by atoms with Crippen molar-refractivity contribution in [2.75, 3.05) is 39.3 Å². The van der Waals surface area contributed by atoms with Gasteiger partial charge in [-0.3, -0.25) is 4.79 Å². The highest BCUT2D eigenvalue weighted by molar-refractivity contribution is 8.13. The Morgan fingerprint density at radius 2 is 1.09 bits per heavy atom. The van der Waals surface area contributed by atoms with E-state index in [2.05, 4.69) is 13.8 Å². The SMILES string of the molecule is CCCCCCCCCCO[Si](CCCSC(=O)COC)(OCC)OCCCCCCCCCC. The summed E-state index contributed by atoms with van der Waals surface area (Å²) in [5.74, 6) is 0.756. The fraction of sp³-hybridized carbons (Fsp3) is 0.964. The Balaban J connectivity index is 4.44. The summed E-state index contributed by atoms with van der Waals surface area (Å²) in [6.45, 7) is 8.76. The van der Waals surface area contributed by atoms with E-state index in [4.69, 9.17) is 18.0 Å². The smallest absolute Gasteiger partial charge is 0.376 e. The quantitative estimate of drug-likeness (QED) is 0.0740. The molecule has 0 aromatic heterocycles. The van der Waals surface area contributed by atoms with E-state index in [1.54, 1.807) is 7.11 Å². The molecular formula is C28H58O5SSi. The molecule has 0 atom stereocenters. The summed E-state index contributed by atoms with van der Waals surface area (Å²) in [5, 5.41) is 0.0795. The maximum Gasteiger partial charge on any atom is 0.500 e. The fourth-order valence-electron chi connectivity index (χ4n) is 4.12. The average molecular weight is 535 g/mol. The van der Waals surface area contributed by atoms with E-state index in [9.17, 15) is 4.79 Å². The van der Waals surface area contributed by atoms with Gasteiger partial charge in [-0.25, -0.2) is 0 Å². The minimum Gasteiger partial charge on any atom is -0.376 e. The molecule has 0 aliphatic rings. The maximum absolute atomic E-state index is 11.8. The first-order chi connectivity index (χ1) is 17.1. The van der Waals surface area contributed by atoms with Crippen molar-refractivity contribution in [3.63, 3.8) is 0 Å². The van der Waals surface area contributed by atoms with Crippen LogP contribution in [0.3, 0.4) is 0 Å². The minimum atomic E-state index is -2.71. The first-order valence-electron chi connectivity index (χ1n) is 14.7. The van der Waals surface area contributed by atoms with Gasteiger partial charge in [0.25, 0.3) is 0 Å². The fourth-order valence-corrected chi connectivity index (χ4v) is 7.74. The van der Waals surface area contributed by atoms with E-state index in [1.165, 1.54) is 102 Å². The van der Waals surface area contributed by atoms with Crippen molar-refractivity contribution in [3.8, 4) is 0 Å². The largest absolute Gasteiger partial charge is 0.500 e. The number of unbranched alkanes of at least 4 members (excludes halogenated alkanes) is 14. The lowest BCUT2D eigenvalue weighted by molar-refractivity contribution is -0.114. The highest BCUT2D eigenvalue weighted by atomic mass is 32.2. The third-order valence-corrected chi connectivity index (χ3v) is 10.1. The molecule has 0 N–H and O–H groups in total. The summed E-state index contributed by atoms with van der Waals surface area (Å²) in [4.78, 5) is 11.8. The lowest BCUT2D eigenvalue weighted by Gasteiger charge is -2.29. The van der Waals surface area contributed by atoms with Gasteiger partial charge in [0, 0.05) is 38.7 Å². The lowest BCUT2D eigenvalue weighted by atomic mass is 10.1. The number of carbonyl (C=O) groups excluding carboxylic acids is 1. The molecule has 0 amide bonds. The van der Waals surface area contributed by atoms with Crippen molar-refractivity contribution in [3.05, 3.63) is 0 Å². The molecule has 0 radical (unpaired) electrons. The van der Waals surface area contributed by atoms with Crippen LogP contribution < -0.4 is 0 Å². The third kappa shape index (κ3) is 23.0. The van der Waals surface area contributed by atoms with Gasteiger partial charge in [0.2, 0.25) is 5.12 Å². The van der Waals surface area contributed by atoms with Crippen LogP contribution in [0.5, 0.6) is 0 Å². The topological polar surface area (TPSA) is 54.0 Å².